The minimum Gasteiger partial charge on any atom is -0.369 e. The molecule has 1 aromatic rings. The number of rotatable bonds is 4. The molecule has 2 heterocycles. The molecule has 2 fully saturated rings. The van der Waals surface area contributed by atoms with Crippen LogP contribution in [0.25, 0.3) is 0 Å². The highest BCUT2D eigenvalue weighted by atomic mass is 16.2. The summed E-state index contributed by atoms with van der Waals surface area (Å²) in [5, 5.41) is 5.89. The third-order valence-electron chi connectivity index (χ3n) is 4.59. The first kappa shape index (κ1) is 14.8. The number of carbonyl (C=O) groups is 2. The Balaban J connectivity index is 1.53. The summed E-state index contributed by atoms with van der Waals surface area (Å²) in [4.78, 5) is 25.4. The maximum Gasteiger partial charge on any atom is 0.319 e. The second-order valence-corrected chi connectivity index (χ2v) is 6.16. The summed E-state index contributed by atoms with van der Waals surface area (Å²) in [6, 6.07) is 10.1. The second-order valence-electron chi connectivity index (χ2n) is 6.16. The Morgan fingerprint density at radius 3 is 2.36 bits per heavy atom. The number of urea groups is 1. The number of benzene rings is 1. The molecule has 0 aromatic heterocycles. The highest BCUT2D eigenvalue weighted by molar-refractivity contribution is 5.89. The average Bonchev–Trinajstić information content (AvgIpc) is 2.70. The predicted octanol–water partition coefficient (Wildman–Crippen LogP) is 1.29. The van der Waals surface area contributed by atoms with Crippen LogP contribution < -0.4 is 16.4 Å². The van der Waals surface area contributed by atoms with Crippen molar-refractivity contribution in [3.05, 3.63) is 30.3 Å². The summed E-state index contributed by atoms with van der Waals surface area (Å²) in [6.07, 6.45) is 3.92. The Bertz CT molecular complexity index is 534. The van der Waals surface area contributed by atoms with Gasteiger partial charge in [0.25, 0.3) is 0 Å². The molecule has 1 aromatic carbocycles. The van der Waals surface area contributed by atoms with Crippen molar-refractivity contribution in [2.45, 2.75) is 43.8 Å². The zero-order valence-electron chi connectivity index (χ0n) is 12.5. The zero-order chi connectivity index (χ0) is 15.5. The van der Waals surface area contributed by atoms with E-state index in [0.29, 0.717) is 18.6 Å². The number of hydrogen-bond acceptors (Lipinski definition) is 3. The Kier molecular flexibility index (Phi) is 4.29. The van der Waals surface area contributed by atoms with Gasteiger partial charge in [-0.2, -0.15) is 0 Å². The van der Waals surface area contributed by atoms with E-state index in [1.165, 1.54) is 0 Å². The molecule has 0 radical (unpaired) electrons. The standard InChI is InChI=1S/C16H22N4O2/c17-15(21)10-20-13-6-7-14(20)9-12(8-13)19-16(22)18-11-4-2-1-3-5-11/h1-5,12-14H,6-10H2,(H2,17,21)(H2,18,19,22)/t13-,14-/m1/s1. The molecule has 3 amide bonds. The van der Waals surface area contributed by atoms with Gasteiger partial charge >= 0.3 is 6.03 Å². The molecule has 2 atom stereocenters. The first-order chi connectivity index (χ1) is 10.6. The van der Waals surface area contributed by atoms with Crippen molar-refractivity contribution in [1.29, 1.82) is 0 Å². The fourth-order valence-corrected chi connectivity index (χ4v) is 3.70. The summed E-state index contributed by atoms with van der Waals surface area (Å²) in [7, 11) is 0. The van der Waals surface area contributed by atoms with Crippen molar-refractivity contribution in [2.24, 2.45) is 5.73 Å². The number of anilines is 1. The van der Waals surface area contributed by atoms with Crippen molar-refractivity contribution in [3.63, 3.8) is 0 Å². The molecule has 0 unspecified atom stereocenters. The van der Waals surface area contributed by atoms with Gasteiger partial charge in [0.1, 0.15) is 0 Å². The van der Waals surface area contributed by atoms with Gasteiger partial charge in [0.15, 0.2) is 0 Å². The van der Waals surface area contributed by atoms with Crippen LogP contribution in [0, 0.1) is 0 Å². The Morgan fingerprint density at radius 1 is 1.14 bits per heavy atom. The molecule has 2 saturated heterocycles. The van der Waals surface area contributed by atoms with Gasteiger partial charge in [-0.15, -0.1) is 0 Å². The van der Waals surface area contributed by atoms with E-state index in [1.54, 1.807) is 0 Å². The molecule has 22 heavy (non-hydrogen) atoms. The number of primary amides is 1. The molecule has 0 saturated carbocycles. The lowest BCUT2D eigenvalue weighted by atomic mass is 9.97. The molecule has 0 aliphatic carbocycles. The van der Waals surface area contributed by atoms with Crippen LogP contribution in [-0.2, 0) is 4.79 Å². The van der Waals surface area contributed by atoms with E-state index in [0.717, 1.165) is 31.4 Å². The van der Waals surface area contributed by atoms with Gasteiger partial charge in [-0.3, -0.25) is 9.69 Å². The number of carbonyl (C=O) groups excluding carboxylic acids is 2. The number of hydrogen-bond donors (Lipinski definition) is 3. The number of nitrogens with two attached hydrogens (primary N) is 1. The lowest BCUT2D eigenvalue weighted by Gasteiger charge is -2.38. The fourth-order valence-electron chi connectivity index (χ4n) is 3.70. The smallest absolute Gasteiger partial charge is 0.319 e. The molecule has 4 N–H and O–H groups in total. The monoisotopic (exact) mass is 302 g/mol. The molecule has 6 nitrogen and oxygen atoms in total. The minimum atomic E-state index is -0.273. The van der Waals surface area contributed by atoms with Gasteiger partial charge in [0.05, 0.1) is 6.54 Å². The summed E-state index contributed by atoms with van der Waals surface area (Å²) in [5.41, 5.74) is 6.10. The van der Waals surface area contributed by atoms with E-state index in [9.17, 15) is 9.59 Å². The first-order valence-corrected chi connectivity index (χ1v) is 7.78. The van der Waals surface area contributed by atoms with Crippen molar-refractivity contribution in [3.8, 4) is 0 Å². The third kappa shape index (κ3) is 3.39. The zero-order valence-corrected chi connectivity index (χ0v) is 12.5. The molecule has 0 spiro atoms. The number of amides is 3. The number of fused-ring (bicyclic) bond motifs is 2. The van der Waals surface area contributed by atoms with Crippen LogP contribution in [0.3, 0.4) is 0 Å². The average molecular weight is 302 g/mol. The quantitative estimate of drug-likeness (QED) is 0.783. The Morgan fingerprint density at radius 2 is 1.77 bits per heavy atom. The predicted molar refractivity (Wildman–Crippen MR) is 84.3 cm³/mol. The van der Waals surface area contributed by atoms with E-state index in [4.69, 9.17) is 5.73 Å². The summed E-state index contributed by atoms with van der Waals surface area (Å²) < 4.78 is 0. The number of nitrogens with one attached hydrogen (secondary N) is 2. The Hall–Kier alpha value is -2.08. The van der Waals surface area contributed by atoms with E-state index >= 15 is 0 Å². The summed E-state index contributed by atoms with van der Waals surface area (Å²) in [5.74, 6) is -0.273. The van der Waals surface area contributed by atoms with Crippen LogP contribution in [0.1, 0.15) is 25.7 Å². The van der Waals surface area contributed by atoms with Crippen LogP contribution in [0.15, 0.2) is 30.3 Å². The second kappa shape index (κ2) is 6.36. The maximum absolute atomic E-state index is 12.1. The van der Waals surface area contributed by atoms with Crippen molar-refractivity contribution < 1.29 is 9.59 Å². The number of para-hydroxylation sites is 1. The van der Waals surface area contributed by atoms with Crippen molar-refractivity contribution in [1.82, 2.24) is 10.2 Å². The lowest BCUT2D eigenvalue weighted by Crippen LogP contribution is -2.52. The maximum atomic E-state index is 12.1. The fraction of sp³-hybridized carbons (Fsp3) is 0.500. The summed E-state index contributed by atoms with van der Waals surface area (Å²) >= 11 is 0. The van der Waals surface area contributed by atoms with Gasteiger partial charge < -0.3 is 16.4 Å². The third-order valence-corrected chi connectivity index (χ3v) is 4.59. The topological polar surface area (TPSA) is 87.5 Å². The minimum absolute atomic E-state index is 0.158. The first-order valence-electron chi connectivity index (χ1n) is 7.78. The number of piperidine rings is 1. The highest BCUT2D eigenvalue weighted by Crippen LogP contribution is 2.35. The van der Waals surface area contributed by atoms with Crippen LogP contribution >= 0.6 is 0 Å². The van der Waals surface area contributed by atoms with Crippen LogP contribution in [0.4, 0.5) is 10.5 Å². The molecule has 2 aliphatic rings. The van der Waals surface area contributed by atoms with E-state index in [1.807, 2.05) is 30.3 Å². The molecule has 3 rings (SSSR count). The largest absolute Gasteiger partial charge is 0.369 e. The van der Waals surface area contributed by atoms with Gasteiger partial charge in [-0.05, 0) is 37.8 Å². The van der Waals surface area contributed by atoms with Crippen molar-refractivity contribution >= 4 is 17.6 Å². The van der Waals surface area contributed by atoms with E-state index in [2.05, 4.69) is 15.5 Å². The highest BCUT2D eigenvalue weighted by Gasteiger charge is 2.41. The van der Waals surface area contributed by atoms with E-state index in [-0.39, 0.29) is 18.0 Å². The molecular formula is C16H22N4O2. The van der Waals surface area contributed by atoms with E-state index < -0.39 is 0 Å². The van der Waals surface area contributed by atoms with Gasteiger partial charge in [0.2, 0.25) is 5.91 Å². The molecule has 2 aliphatic heterocycles. The SMILES string of the molecule is NC(=O)CN1[C@@H]2CC[C@@H]1CC(NC(=O)Nc1ccccc1)C2. The normalized spacial score (nSPS) is 27.4. The van der Waals surface area contributed by atoms with Crippen LogP contribution in [0.5, 0.6) is 0 Å². The van der Waals surface area contributed by atoms with Gasteiger partial charge in [-0.25, -0.2) is 4.79 Å². The molecular weight excluding hydrogens is 280 g/mol. The molecule has 118 valence electrons. The lowest BCUT2D eigenvalue weighted by molar-refractivity contribution is -0.120. The van der Waals surface area contributed by atoms with Crippen molar-refractivity contribution in [2.75, 3.05) is 11.9 Å². The molecule has 2 bridgehead atoms. The Labute approximate surface area is 130 Å². The van der Waals surface area contributed by atoms with Gasteiger partial charge in [-0.1, -0.05) is 18.2 Å². The van der Waals surface area contributed by atoms with Crippen LogP contribution in [-0.4, -0.2) is 41.5 Å². The number of nitrogens with zero attached hydrogens (tertiary/aromatic N) is 1. The van der Waals surface area contributed by atoms with Crippen LogP contribution in [0.2, 0.25) is 0 Å². The molecule has 6 heteroatoms. The summed E-state index contributed by atoms with van der Waals surface area (Å²) in [6.45, 7) is 0.332. The van der Waals surface area contributed by atoms with Gasteiger partial charge in [0, 0.05) is 23.8 Å².